The fourth-order valence-electron chi connectivity index (χ4n) is 2.49. The van der Waals surface area contributed by atoms with Crippen molar-refractivity contribution in [3.63, 3.8) is 0 Å². The molecule has 3 nitrogen and oxygen atoms in total. The first-order chi connectivity index (χ1) is 8.89. The van der Waals surface area contributed by atoms with E-state index >= 15 is 0 Å². The Kier molecular flexibility index (Phi) is 3.80. The Bertz CT molecular complexity index is 473. The summed E-state index contributed by atoms with van der Waals surface area (Å²) in [5.41, 5.74) is 4.80. The number of hydrogen-bond donors (Lipinski definition) is 1. The second kappa shape index (κ2) is 5.21. The number of alkyl halides is 3. The van der Waals surface area contributed by atoms with Crippen LogP contribution in [0.4, 0.5) is 13.2 Å². The van der Waals surface area contributed by atoms with Gasteiger partial charge in [0.1, 0.15) is 0 Å². The monoisotopic (exact) mass is 272 g/mol. The van der Waals surface area contributed by atoms with Gasteiger partial charge >= 0.3 is 6.18 Å². The summed E-state index contributed by atoms with van der Waals surface area (Å²) >= 11 is 0. The standard InChI is InChI=1S/C13H15F3N2O/c14-13(15,16)10-5-2-1-4-9(10)8-18-7-3-6-11(18)12(17)19/h1-2,4-5,11H,3,6-8H2,(H2,17,19)/t11-/m0/s1. The summed E-state index contributed by atoms with van der Waals surface area (Å²) in [6.07, 6.45) is -2.98. The minimum Gasteiger partial charge on any atom is -0.368 e. The third-order valence-corrected chi connectivity index (χ3v) is 3.39. The van der Waals surface area contributed by atoms with Gasteiger partial charge in [-0.15, -0.1) is 0 Å². The number of amides is 1. The number of carbonyl (C=O) groups is 1. The van der Waals surface area contributed by atoms with Gasteiger partial charge in [-0.2, -0.15) is 13.2 Å². The molecular weight excluding hydrogens is 257 g/mol. The summed E-state index contributed by atoms with van der Waals surface area (Å²) in [4.78, 5) is 13.0. The maximum Gasteiger partial charge on any atom is 0.416 e. The Labute approximate surface area is 109 Å². The number of benzene rings is 1. The third-order valence-electron chi connectivity index (χ3n) is 3.39. The van der Waals surface area contributed by atoms with Crippen LogP contribution in [0.1, 0.15) is 24.0 Å². The molecule has 1 aliphatic heterocycles. The predicted octanol–water partition coefficient (Wildman–Crippen LogP) is 2.16. The van der Waals surface area contributed by atoms with Crippen molar-refractivity contribution in [3.8, 4) is 0 Å². The van der Waals surface area contributed by atoms with Crippen LogP contribution in [0.15, 0.2) is 24.3 Å². The smallest absolute Gasteiger partial charge is 0.368 e. The van der Waals surface area contributed by atoms with Gasteiger partial charge in [-0.3, -0.25) is 9.69 Å². The lowest BCUT2D eigenvalue weighted by Gasteiger charge is -2.23. The second-order valence-electron chi connectivity index (χ2n) is 4.69. The molecule has 0 unspecified atom stereocenters. The number of rotatable bonds is 3. The number of halogens is 3. The van der Waals surface area contributed by atoms with Crippen LogP contribution in [0.3, 0.4) is 0 Å². The zero-order chi connectivity index (χ0) is 14.0. The van der Waals surface area contributed by atoms with Gasteiger partial charge in [0.05, 0.1) is 11.6 Å². The lowest BCUT2D eigenvalue weighted by atomic mass is 10.1. The quantitative estimate of drug-likeness (QED) is 0.916. The molecule has 0 radical (unpaired) electrons. The van der Waals surface area contributed by atoms with E-state index in [-0.39, 0.29) is 12.1 Å². The van der Waals surface area contributed by atoms with Gasteiger partial charge in [-0.25, -0.2) is 0 Å². The number of primary amides is 1. The highest BCUT2D eigenvalue weighted by atomic mass is 19.4. The Morgan fingerprint density at radius 2 is 2.05 bits per heavy atom. The largest absolute Gasteiger partial charge is 0.416 e. The zero-order valence-electron chi connectivity index (χ0n) is 10.3. The highest BCUT2D eigenvalue weighted by Crippen LogP contribution is 2.33. The first kappa shape index (κ1) is 13.9. The van der Waals surface area contributed by atoms with E-state index in [1.807, 2.05) is 0 Å². The first-order valence-electron chi connectivity index (χ1n) is 6.08. The summed E-state index contributed by atoms with van der Waals surface area (Å²) in [6, 6.07) is 4.98. The normalized spacial score (nSPS) is 20.7. The van der Waals surface area contributed by atoms with Gasteiger partial charge in [0.25, 0.3) is 0 Å². The van der Waals surface area contributed by atoms with Crippen LogP contribution in [-0.4, -0.2) is 23.4 Å². The van der Waals surface area contributed by atoms with Crippen LogP contribution in [-0.2, 0) is 17.5 Å². The topological polar surface area (TPSA) is 46.3 Å². The second-order valence-corrected chi connectivity index (χ2v) is 4.69. The fraction of sp³-hybridized carbons (Fsp3) is 0.462. The van der Waals surface area contributed by atoms with Crippen LogP contribution in [0.2, 0.25) is 0 Å². The van der Waals surface area contributed by atoms with E-state index in [1.165, 1.54) is 12.1 Å². The van der Waals surface area contributed by atoms with Gasteiger partial charge in [0.15, 0.2) is 0 Å². The van der Waals surface area contributed by atoms with E-state index < -0.39 is 23.7 Å². The minimum atomic E-state index is -4.38. The van der Waals surface area contributed by atoms with Crippen molar-refractivity contribution in [3.05, 3.63) is 35.4 Å². The summed E-state index contributed by atoms with van der Waals surface area (Å²) in [5, 5.41) is 0. The van der Waals surface area contributed by atoms with Crippen molar-refractivity contribution in [1.29, 1.82) is 0 Å². The van der Waals surface area contributed by atoms with E-state index in [9.17, 15) is 18.0 Å². The predicted molar refractivity (Wildman–Crippen MR) is 64.1 cm³/mol. The minimum absolute atomic E-state index is 0.100. The lowest BCUT2D eigenvalue weighted by molar-refractivity contribution is -0.138. The molecule has 1 amide bonds. The van der Waals surface area contributed by atoms with E-state index in [0.29, 0.717) is 13.0 Å². The molecule has 104 valence electrons. The molecular formula is C13H15F3N2O. The molecule has 1 atom stereocenters. The Morgan fingerprint density at radius 3 is 2.68 bits per heavy atom. The molecule has 1 heterocycles. The molecule has 1 fully saturated rings. The number of likely N-dealkylation sites (tertiary alicyclic amines) is 1. The molecule has 2 N–H and O–H groups in total. The lowest BCUT2D eigenvalue weighted by Crippen LogP contribution is -2.40. The Hall–Kier alpha value is -1.56. The van der Waals surface area contributed by atoms with Crippen LogP contribution >= 0.6 is 0 Å². The van der Waals surface area contributed by atoms with Crippen molar-refractivity contribution in [2.75, 3.05) is 6.54 Å². The Balaban J connectivity index is 2.22. The van der Waals surface area contributed by atoms with Crippen LogP contribution in [0, 0.1) is 0 Å². The van der Waals surface area contributed by atoms with Gasteiger partial charge < -0.3 is 5.73 Å². The number of nitrogens with two attached hydrogens (primary N) is 1. The molecule has 6 heteroatoms. The van der Waals surface area contributed by atoms with E-state index in [4.69, 9.17) is 5.73 Å². The van der Waals surface area contributed by atoms with Gasteiger partial charge in [0.2, 0.25) is 5.91 Å². The maximum absolute atomic E-state index is 12.9. The zero-order valence-corrected chi connectivity index (χ0v) is 10.3. The van der Waals surface area contributed by atoms with Gasteiger partial charge in [-0.05, 0) is 31.0 Å². The van der Waals surface area contributed by atoms with E-state index in [0.717, 1.165) is 12.5 Å². The molecule has 2 rings (SSSR count). The van der Waals surface area contributed by atoms with E-state index in [1.54, 1.807) is 11.0 Å². The van der Waals surface area contributed by atoms with Crippen LogP contribution in [0.25, 0.3) is 0 Å². The van der Waals surface area contributed by atoms with E-state index in [2.05, 4.69) is 0 Å². The molecule has 0 saturated carbocycles. The summed E-state index contributed by atoms with van der Waals surface area (Å²) in [5.74, 6) is -0.470. The average Bonchev–Trinajstić information content (AvgIpc) is 2.76. The molecule has 1 aromatic carbocycles. The molecule has 1 saturated heterocycles. The molecule has 0 bridgehead atoms. The van der Waals surface area contributed by atoms with Crippen molar-refractivity contribution in [1.82, 2.24) is 4.90 Å². The SMILES string of the molecule is NC(=O)[C@@H]1CCCN1Cc1ccccc1C(F)(F)F. The number of carbonyl (C=O) groups excluding carboxylic acids is 1. The van der Waals surface area contributed by atoms with Gasteiger partial charge in [-0.1, -0.05) is 18.2 Å². The first-order valence-corrected chi connectivity index (χ1v) is 6.08. The maximum atomic E-state index is 12.9. The number of hydrogen-bond acceptors (Lipinski definition) is 2. The third kappa shape index (κ3) is 3.07. The molecule has 1 aromatic rings. The van der Waals surface area contributed by atoms with Crippen LogP contribution in [0.5, 0.6) is 0 Å². The van der Waals surface area contributed by atoms with Crippen molar-refractivity contribution in [2.45, 2.75) is 31.6 Å². The fourth-order valence-corrected chi connectivity index (χ4v) is 2.49. The highest BCUT2D eigenvalue weighted by Gasteiger charge is 2.35. The average molecular weight is 272 g/mol. The summed E-state index contributed by atoms with van der Waals surface area (Å²) < 4.78 is 38.6. The number of nitrogens with zero attached hydrogens (tertiary/aromatic N) is 1. The molecule has 1 aliphatic rings. The summed E-state index contributed by atoms with van der Waals surface area (Å²) in [7, 11) is 0. The molecule has 19 heavy (non-hydrogen) atoms. The molecule has 0 spiro atoms. The van der Waals surface area contributed by atoms with Gasteiger partial charge in [0, 0.05) is 6.54 Å². The highest BCUT2D eigenvalue weighted by molar-refractivity contribution is 5.80. The molecule has 0 aliphatic carbocycles. The van der Waals surface area contributed by atoms with Crippen molar-refractivity contribution >= 4 is 5.91 Å². The molecule has 0 aromatic heterocycles. The summed E-state index contributed by atoms with van der Waals surface area (Å²) in [6.45, 7) is 0.698. The van der Waals surface area contributed by atoms with Crippen LogP contribution < -0.4 is 5.73 Å². The Morgan fingerprint density at radius 1 is 1.37 bits per heavy atom. The van der Waals surface area contributed by atoms with Crippen molar-refractivity contribution in [2.24, 2.45) is 5.73 Å². The van der Waals surface area contributed by atoms with Crippen molar-refractivity contribution < 1.29 is 18.0 Å².